The molecule has 1 aromatic carbocycles. The highest BCUT2D eigenvalue weighted by atomic mass is 16.5. The first-order valence-electron chi connectivity index (χ1n) is 4.95. The number of aromatic hydroxyl groups is 1. The molecule has 3 N–H and O–H groups in total. The van der Waals surface area contributed by atoms with Gasteiger partial charge in [-0.1, -0.05) is 19.8 Å². The Morgan fingerprint density at radius 3 is 2.79 bits per heavy atom. The summed E-state index contributed by atoms with van der Waals surface area (Å²) in [7, 11) is 0. The topological polar surface area (TPSA) is 55.5 Å². The van der Waals surface area contributed by atoms with Crippen molar-refractivity contribution in [1.82, 2.24) is 0 Å². The lowest BCUT2D eigenvalue weighted by molar-refractivity contribution is 0.306. The molecule has 1 aromatic rings. The summed E-state index contributed by atoms with van der Waals surface area (Å²) in [6.07, 6.45) is 3.41. The molecule has 3 heteroatoms. The lowest BCUT2D eigenvalue weighted by atomic mass is 10.2. The molecular formula is C11H17NO2. The zero-order valence-electron chi connectivity index (χ0n) is 8.49. The molecule has 0 fully saturated rings. The van der Waals surface area contributed by atoms with Crippen molar-refractivity contribution in [3.05, 3.63) is 18.2 Å². The number of nitrogens with two attached hydrogens (primary N) is 1. The molecule has 0 aliphatic carbocycles. The summed E-state index contributed by atoms with van der Waals surface area (Å²) in [4.78, 5) is 0. The average Bonchev–Trinajstić information content (AvgIpc) is 2.18. The zero-order valence-corrected chi connectivity index (χ0v) is 8.49. The number of phenolic OH excluding ortho intramolecular Hbond substituents is 1. The third-order valence-corrected chi connectivity index (χ3v) is 2.02. The molecule has 0 saturated heterocycles. The number of anilines is 1. The van der Waals surface area contributed by atoms with Crippen molar-refractivity contribution in [2.45, 2.75) is 26.2 Å². The van der Waals surface area contributed by atoms with Gasteiger partial charge in [0.05, 0.1) is 12.3 Å². The van der Waals surface area contributed by atoms with Crippen LogP contribution in [0, 0.1) is 0 Å². The molecule has 1 rings (SSSR count). The zero-order chi connectivity index (χ0) is 10.4. The van der Waals surface area contributed by atoms with E-state index >= 15 is 0 Å². The van der Waals surface area contributed by atoms with Gasteiger partial charge in [0.1, 0.15) is 11.5 Å². The molecule has 78 valence electrons. The van der Waals surface area contributed by atoms with Crippen LogP contribution in [0.2, 0.25) is 0 Å². The summed E-state index contributed by atoms with van der Waals surface area (Å²) in [5, 5.41) is 9.17. The van der Waals surface area contributed by atoms with E-state index in [-0.39, 0.29) is 5.75 Å². The fourth-order valence-corrected chi connectivity index (χ4v) is 1.16. The van der Waals surface area contributed by atoms with E-state index in [0.29, 0.717) is 12.3 Å². The summed E-state index contributed by atoms with van der Waals surface area (Å²) in [6, 6.07) is 4.91. The lowest BCUT2D eigenvalue weighted by Crippen LogP contribution is -1.97. The highest BCUT2D eigenvalue weighted by Gasteiger charge is 1.98. The van der Waals surface area contributed by atoms with Crippen molar-refractivity contribution in [3.63, 3.8) is 0 Å². The van der Waals surface area contributed by atoms with Crippen LogP contribution in [0.4, 0.5) is 5.69 Å². The third-order valence-electron chi connectivity index (χ3n) is 2.02. The second-order valence-electron chi connectivity index (χ2n) is 3.28. The fraction of sp³-hybridized carbons (Fsp3) is 0.455. The Kier molecular flexibility index (Phi) is 4.11. The standard InChI is InChI=1S/C11H17NO2/c1-2-3-4-7-14-9-5-6-11(13)10(12)8-9/h5-6,8,13H,2-4,7,12H2,1H3. The number of hydrogen-bond donors (Lipinski definition) is 2. The van der Waals surface area contributed by atoms with Gasteiger partial charge in [0.15, 0.2) is 0 Å². The Balaban J connectivity index is 2.39. The third kappa shape index (κ3) is 3.17. The van der Waals surface area contributed by atoms with E-state index in [0.717, 1.165) is 12.2 Å². The van der Waals surface area contributed by atoms with Crippen molar-refractivity contribution in [3.8, 4) is 11.5 Å². The Bertz CT molecular complexity index is 287. The molecule has 0 atom stereocenters. The normalized spacial score (nSPS) is 10.1. The Morgan fingerprint density at radius 2 is 2.14 bits per heavy atom. The van der Waals surface area contributed by atoms with Gasteiger partial charge in [0.2, 0.25) is 0 Å². The Hall–Kier alpha value is -1.38. The second-order valence-corrected chi connectivity index (χ2v) is 3.28. The van der Waals surface area contributed by atoms with Crippen LogP contribution in [0.25, 0.3) is 0 Å². The van der Waals surface area contributed by atoms with Gasteiger partial charge in [-0.15, -0.1) is 0 Å². The van der Waals surface area contributed by atoms with Crippen LogP contribution in [0.3, 0.4) is 0 Å². The molecule has 14 heavy (non-hydrogen) atoms. The van der Waals surface area contributed by atoms with Crippen molar-refractivity contribution in [2.75, 3.05) is 12.3 Å². The van der Waals surface area contributed by atoms with Gasteiger partial charge < -0.3 is 15.6 Å². The van der Waals surface area contributed by atoms with E-state index in [2.05, 4.69) is 6.92 Å². The lowest BCUT2D eigenvalue weighted by Gasteiger charge is -2.06. The van der Waals surface area contributed by atoms with Crippen LogP contribution in [0.5, 0.6) is 11.5 Å². The second kappa shape index (κ2) is 5.37. The summed E-state index contributed by atoms with van der Waals surface area (Å²) in [6.45, 7) is 2.86. The maximum Gasteiger partial charge on any atom is 0.138 e. The highest BCUT2D eigenvalue weighted by Crippen LogP contribution is 2.24. The molecule has 3 nitrogen and oxygen atoms in total. The van der Waals surface area contributed by atoms with Gasteiger partial charge in [-0.25, -0.2) is 0 Å². The van der Waals surface area contributed by atoms with Crippen molar-refractivity contribution in [2.24, 2.45) is 0 Å². The summed E-state index contributed by atoms with van der Waals surface area (Å²) in [5.74, 6) is 0.822. The average molecular weight is 195 g/mol. The number of benzene rings is 1. The van der Waals surface area contributed by atoms with Gasteiger partial charge in [0, 0.05) is 6.07 Å². The SMILES string of the molecule is CCCCCOc1ccc(O)c(N)c1. The predicted octanol–water partition coefficient (Wildman–Crippen LogP) is 2.54. The molecule has 0 bridgehead atoms. The molecule has 0 saturated carbocycles. The van der Waals surface area contributed by atoms with Crippen molar-refractivity contribution in [1.29, 1.82) is 0 Å². The summed E-state index contributed by atoms with van der Waals surface area (Å²) in [5.41, 5.74) is 5.88. The van der Waals surface area contributed by atoms with Gasteiger partial charge in [-0.2, -0.15) is 0 Å². The van der Waals surface area contributed by atoms with Crippen LogP contribution >= 0.6 is 0 Å². The predicted molar refractivity (Wildman–Crippen MR) is 57.5 cm³/mol. The van der Waals surface area contributed by atoms with Crippen LogP contribution in [0.1, 0.15) is 26.2 Å². The number of ether oxygens (including phenoxy) is 1. The first kappa shape index (κ1) is 10.7. The van der Waals surface area contributed by atoms with E-state index < -0.39 is 0 Å². The summed E-state index contributed by atoms with van der Waals surface area (Å²) < 4.78 is 5.45. The molecule has 0 aliphatic rings. The number of unbranched alkanes of at least 4 members (excludes halogenated alkanes) is 2. The van der Waals surface area contributed by atoms with Crippen LogP contribution in [-0.4, -0.2) is 11.7 Å². The molecule has 0 aromatic heterocycles. The van der Waals surface area contributed by atoms with Gasteiger partial charge in [-0.3, -0.25) is 0 Å². The smallest absolute Gasteiger partial charge is 0.138 e. The molecule has 0 spiro atoms. The monoisotopic (exact) mass is 195 g/mol. The minimum atomic E-state index is 0.103. The molecule has 0 unspecified atom stereocenters. The Labute approximate surface area is 84.5 Å². The van der Waals surface area contributed by atoms with Crippen molar-refractivity contribution >= 4 is 5.69 Å². The highest BCUT2D eigenvalue weighted by molar-refractivity contribution is 5.55. The first-order chi connectivity index (χ1) is 6.74. The van der Waals surface area contributed by atoms with E-state index in [4.69, 9.17) is 10.5 Å². The maximum atomic E-state index is 9.17. The number of rotatable bonds is 5. The number of phenols is 1. The van der Waals surface area contributed by atoms with Gasteiger partial charge in [0.25, 0.3) is 0 Å². The van der Waals surface area contributed by atoms with Gasteiger partial charge in [-0.05, 0) is 18.6 Å². The van der Waals surface area contributed by atoms with Crippen LogP contribution in [0.15, 0.2) is 18.2 Å². The van der Waals surface area contributed by atoms with E-state index in [1.165, 1.54) is 12.8 Å². The summed E-state index contributed by atoms with van der Waals surface area (Å²) >= 11 is 0. The molecule has 0 aliphatic heterocycles. The van der Waals surface area contributed by atoms with Gasteiger partial charge >= 0.3 is 0 Å². The fourth-order valence-electron chi connectivity index (χ4n) is 1.16. The van der Waals surface area contributed by atoms with E-state index in [1.54, 1.807) is 18.2 Å². The van der Waals surface area contributed by atoms with Crippen molar-refractivity contribution < 1.29 is 9.84 Å². The van der Waals surface area contributed by atoms with E-state index in [9.17, 15) is 5.11 Å². The molecule has 0 radical (unpaired) electrons. The van der Waals surface area contributed by atoms with E-state index in [1.807, 2.05) is 0 Å². The minimum absolute atomic E-state index is 0.103. The number of hydrogen-bond acceptors (Lipinski definition) is 3. The Morgan fingerprint density at radius 1 is 1.36 bits per heavy atom. The maximum absolute atomic E-state index is 9.17. The first-order valence-corrected chi connectivity index (χ1v) is 4.95. The quantitative estimate of drug-likeness (QED) is 0.431. The minimum Gasteiger partial charge on any atom is -0.506 e. The number of nitrogen functional groups attached to an aromatic ring is 1. The molecule has 0 amide bonds. The molecular weight excluding hydrogens is 178 g/mol. The van der Waals surface area contributed by atoms with Crippen LogP contribution in [-0.2, 0) is 0 Å². The molecule has 0 heterocycles. The van der Waals surface area contributed by atoms with Crippen LogP contribution < -0.4 is 10.5 Å². The largest absolute Gasteiger partial charge is 0.506 e.